The molecule has 4 aliphatic heterocycles. The molecular weight excluding hydrogens is 240 g/mol. The van der Waals surface area contributed by atoms with Crippen LogP contribution in [0.3, 0.4) is 0 Å². The maximum absolute atomic E-state index is 9.80. The fourth-order valence-corrected chi connectivity index (χ4v) is 3.61. The Balaban J connectivity index is 1.61. The molecule has 0 aliphatic carbocycles. The van der Waals surface area contributed by atoms with Crippen LogP contribution in [0.25, 0.3) is 0 Å². The highest BCUT2D eigenvalue weighted by molar-refractivity contribution is 5.83. The van der Waals surface area contributed by atoms with Crippen molar-refractivity contribution in [3.8, 4) is 5.75 Å². The molecule has 5 heteroatoms. The summed E-state index contributed by atoms with van der Waals surface area (Å²) in [6.07, 6.45) is 1.84. The first-order chi connectivity index (χ1) is 9.22. The molecule has 5 rings (SSSR count). The normalized spacial score (nSPS) is 40.1. The van der Waals surface area contributed by atoms with Crippen molar-refractivity contribution < 1.29 is 5.11 Å². The van der Waals surface area contributed by atoms with Crippen molar-refractivity contribution in [1.82, 2.24) is 14.7 Å². The molecule has 4 heterocycles. The Labute approximate surface area is 112 Å². The van der Waals surface area contributed by atoms with E-state index in [4.69, 9.17) is 4.99 Å². The van der Waals surface area contributed by atoms with Gasteiger partial charge in [0.25, 0.3) is 0 Å². The predicted octanol–water partition coefficient (Wildman–Crippen LogP) is 0.369. The highest BCUT2D eigenvalue weighted by Crippen LogP contribution is 2.31. The van der Waals surface area contributed by atoms with Crippen LogP contribution in [0.15, 0.2) is 29.3 Å². The molecule has 4 aliphatic rings. The van der Waals surface area contributed by atoms with Crippen molar-refractivity contribution in [2.24, 2.45) is 4.99 Å². The molecule has 4 saturated heterocycles. The second-order valence-corrected chi connectivity index (χ2v) is 5.95. The van der Waals surface area contributed by atoms with Crippen LogP contribution in [0, 0.1) is 0 Å². The second kappa shape index (κ2) is 4.03. The van der Waals surface area contributed by atoms with E-state index in [1.165, 1.54) is 0 Å². The Morgan fingerprint density at radius 3 is 2.16 bits per heavy atom. The number of phenolic OH excluding ortho intramolecular Hbond substituents is 1. The molecule has 1 aromatic carbocycles. The highest BCUT2D eigenvalue weighted by Gasteiger charge is 2.48. The molecule has 100 valence electrons. The van der Waals surface area contributed by atoms with Crippen molar-refractivity contribution in [3.05, 3.63) is 29.8 Å². The van der Waals surface area contributed by atoms with Crippen LogP contribution >= 0.6 is 0 Å². The number of phenols is 1. The van der Waals surface area contributed by atoms with Gasteiger partial charge in [-0.05, 0) is 12.1 Å². The summed E-state index contributed by atoms with van der Waals surface area (Å²) in [6.45, 7) is 6.32. The average Bonchev–Trinajstić information content (AvgIpc) is 2.36. The fraction of sp³-hybridized carbons (Fsp3) is 0.500. The summed E-state index contributed by atoms with van der Waals surface area (Å²) in [5, 5.41) is 9.80. The monoisotopic (exact) mass is 258 g/mol. The topological polar surface area (TPSA) is 42.3 Å². The van der Waals surface area contributed by atoms with Crippen molar-refractivity contribution >= 4 is 6.21 Å². The summed E-state index contributed by atoms with van der Waals surface area (Å²) in [5.74, 6) is 0.303. The standard InChI is InChI=1S/C14H18N4O/c19-13-4-2-1-3-12(13)5-15-14-6-16-9-17(7-14)11-18(8-14)10-16/h1-5,19H,6-11H2. The van der Waals surface area contributed by atoms with E-state index in [1.807, 2.05) is 24.4 Å². The fourth-order valence-electron chi connectivity index (χ4n) is 3.61. The van der Waals surface area contributed by atoms with E-state index in [9.17, 15) is 5.11 Å². The molecule has 4 bridgehead atoms. The predicted molar refractivity (Wildman–Crippen MR) is 73.2 cm³/mol. The molecule has 19 heavy (non-hydrogen) atoms. The smallest absolute Gasteiger partial charge is 0.124 e. The van der Waals surface area contributed by atoms with Crippen LogP contribution in [0.1, 0.15) is 5.56 Å². The van der Waals surface area contributed by atoms with Gasteiger partial charge in [-0.15, -0.1) is 0 Å². The zero-order valence-electron chi connectivity index (χ0n) is 10.9. The van der Waals surface area contributed by atoms with Gasteiger partial charge in [0.2, 0.25) is 0 Å². The quantitative estimate of drug-likeness (QED) is 0.778. The van der Waals surface area contributed by atoms with E-state index in [-0.39, 0.29) is 5.54 Å². The summed E-state index contributed by atoms with van der Waals surface area (Å²) in [6, 6.07) is 7.37. The van der Waals surface area contributed by atoms with Crippen LogP contribution in [0.2, 0.25) is 0 Å². The minimum Gasteiger partial charge on any atom is -0.507 e. The lowest BCUT2D eigenvalue weighted by molar-refractivity contribution is -0.139. The maximum Gasteiger partial charge on any atom is 0.124 e. The molecule has 4 fully saturated rings. The largest absolute Gasteiger partial charge is 0.507 e. The lowest BCUT2D eigenvalue weighted by Crippen LogP contribution is -2.75. The van der Waals surface area contributed by atoms with Crippen molar-refractivity contribution in [2.45, 2.75) is 5.54 Å². The number of para-hydroxylation sites is 1. The first-order valence-electron chi connectivity index (χ1n) is 6.73. The molecular formula is C14H18N4O. The molecule has 0 saturated carbocycles. The van der Waals surface area contributed by atoms with Gasteiger partial charge < -0.3 is 5.11 Å². The van der Waals surface area contributed by atoms with Crippen LogP contribution < -0.4 is 0 Å². The number of aromatic hydroxyl groups is 1. The van der Waals surface area contributed by atoms with E-state index < -0.39 is 0 Å². The van der Waals surface area contributed by atoms with Gasteiger partial charge in [0, 0.05) is 31.4 Å². The van der Waals surface area contributed by atoms with Gasteiger partial charge in [0.1, 0.15) is 5.75 Å². The van der Waals surface area contributed by atoms with E-state index in [1.54, 1.807) is 6.07 Å². The Morgan fingerprint density at radius 2 is 1.58 bits per heavy atom. The number of rotatable bonds is 2. The van der Waals surface area contributed by atoms with Crippen molar-refractivity contribution in [2.75, 3.05) is 39.6 Å². The molecule has 0 atom stereocenters. The van der Waals surface area contributed by atoms with E-state index >= 15 is 0 Å². The lowest BCUT2D eigenvalue weighted by Gasteiger charge is -2.59. The summed E-state index contributed by atoms with van der Waals surface area (Å²) < 4.78 is 0. The van der Waals surface area contributed by atoms with E-state index in [0.29, 0.717) is 5.75 Å². The maximum atomic E-state index is 9.80. The molecule has 1 N–H and O–H groups in total. The minimum atomic E-state index is -0.0168. The third-order valence-corrected chi connectivity index (χ3v) is 4.17. The van der Waals surface area contributed by atoms with Gasteiger partial charge in [-0.25, -0.2) is 0 Å². The second-order valence-electron chi connectivity index (χ2n) is 5.95. The van der Waals surface area contributed by atoms with Gasteiger partial charge in [0.05, 0.1) is 25.5 Å². The molecule has 5 nitrogen and oxygen atoms in total. The SMILES string of the molecule is Oc1ccccc1C=NC12CN3CN(CN(C3)C1)C2. The zero-order valence-corrected chi connectivity index (χ0v) is 10.9. The summed E-state index contributed by atoms with van der Waals surface area (Å²) in [7, 11) is 0. The van der Waals surface area contributed by atoms with Crippen LogP contribution in [-0.2, 0) is 0 Å². The molecule has 0 spiro atoms. The van der Waals surface area contributed by atoms with Gasteiger partial charge >= 0.3 is 0 Å². The summed E-state index contributed by atoms with van der Waals surface area (Å²) >= 11 is 0. The number of benzene rings is 1. The Kier molecular flexibility index (Phi) is 2.42. The van der Waals surface area contributed by atoms with Crippen LogP contribution in [0.4, 0.5) is 0 Å². The third kappa shape index (κ3) is 1.94. The highest BCUT2D eigenvalue weighted by atomic mass is 16.3. The molecule has 0 radical (unpaired) electrons. The van der Waals surface area contributed by atoms with Crippen molar-refractivity contribution in [3.63, 3.8) is 0 Å². The number of hydrogen-bond acceptors (Lipinski definition) is 5. The number of hydrogen-bond donors (Lipinski definition) is 1. The first-order valence-corrected chi connectivity index (χ1v) is 6.73. The summed E-state index contributed by atoms with van der Waals surface area (Å²) in [5.41, 5.74) is 0.787. The van der Waals surface area contributed by atoms with E-state index in [0.717, 1.165) is 45.2 Å². The molecule has 0 aromatic heterocycles. The third-order valence-electron chi connectivity index (χ3n) is 4.17. The Hall–Kier alpha value is -1.43. The van der Waals surface area contributed by atoms with Crippen LogP contribution in [0.5, 0.6) is 5.75 Å². The van der Waals surface area contributed by atoms with Crippen molar-refractivity contribution in [1.29, 1.82) is 0 Å². The zero-order chi connectivity index (χ0) is 12.9. The Bertz CT molecular complexity index is 493. The molecule has 0 amide bonds. The van der Waals surface area contributed by atoms with Gasteiger partial charge in [-0.3, -0.25) is 19.7 Å². The minimum absolute atomic E-state index is 0.0168. The number of nitrogens with zero attached hydrogens (tertiary/aromatic N) is 4. The van der Waals surface area contributed by atoms with Crippen LogP contribution in [-0.4, -0.2) is 71.2 Å². The average molecular weight is 258 g/mol. The first kappa shape index (κ1) is 11.4. The van der Waals surface area contributed by atoms with Gasteiger partial charge in [-0.2, -0.15) is 0 Å². The molecule has 1 aromatic rings. The number of aliphatic imine (C=N–C) groups is 1. The summed E-state index contributed by atoms with van der Waals surface area (Å²) in [4.78, 5) is 12.2. The lowest BCUT2D eigenvalue weighted by atomic mass is 9.91. The van der Waals surface area contributed by atoms with Gasteiger partial charge in [-0.1, -0.05) is 12.1 Å². The molecule has 0 unspecified atom stereocenters. The Morgan fingerprint density at radius 1 is 1.00 bits per heavy atom. The van der Waals surface area contributed by atoms with Gasteiger partial charge in [0.15, 0.2) is 0 Å². The van der Waals surface area contributed by atoms with E-state index in [2.05, 4.69) is 14.7 Å².